The van der Waals surface area contributed by atoms with E-state index in [1.807, 2.05) is 48.5 Å². The Bertz CT molecular complexity index is 707. The summed E-state index contributed by atoms with van der Waals surface area (Å²) in [6.07, 6.45) is -0.175. The van der Waals surface area contributed by atoms with Crippen LogP contribution in [0.1, 0.15) is 0 Å². The van der Waals surface area contributed by atoms with E-state index >= 15 is 0 Å². The molecule has 2 aromatic carbocycles. The fourth-order valence-corrected chi connectivity index (χ4v) is 3.06. The highest BCUT2D eigenvalue weighted by molar-refractivity contribution is 8.00. The third kappa shape index (κ3) is 4.35. The Kier molecular flexibility index (Phi) is 5.48. The molecule has 1 N–H and O–H groups in total. The molecule has 1 unspecified atom stereocenters. The van der Waals surface area contributed by atoms with E-state index < -0.39 is 0 Å². The summed E-state index contributed by atoms with van der Waals surface area (Å²) < 4.78 is 16.6. The van der Waals surface area contributed by atoms with Gasteiger partial charge in [-0.05, 0) is 30.3 Å². The van der Waals surface area contributed by atoms with Crippen LogP contribution in [0.15, 0.2) is 53.4 Å². The number of carbonyl (C=O) groups is 1. The van der Waals surface area contributed by atoms with Gasteiger partial charge in [0.15, 0.2) is 11.5 Å². The standard InChI is InChI=1S/C18H19NO4S/c1-21-13-5-4-6-15(9-13)24-12-18(20)19-10-14-11-22-16-7-2-3-8-17(16)23-14/h2-9,14H,10-12H2,1H3,(H,19,20). The van der Waals surface area contributed by atoms with E-state index in [0.29, 0.717) is 24.7 Å². The second kappa shape index (κ2) is 7.97. The average Bonchev–Trinajstić information content (AvgIpc) is 2.64. The second-order valence-electron chi connectivity index (χ2n) is 5.27. The molecule has 0 saturated heterocycles. The van der Waals surface area contributed by atoms with Crippen LogP contribution in [0.2, 0.25) is 0 Å². The molecule has 1 amide bonds. The van der Waals surface area contributed by atoms with Crippen LogP contribution in [0.4, 0.5) is 0 Å². The lowest BCUT2D eigenvalue weighted by Gasteiger charge is -2.26. The smallest absolute Gasteiger partial charge is 0.230 e. The van der Waals surface area contributed by atoms with Gasteiger partial charge in [-0.2, -0.15) is 0 Å². The Morgan fingerprint density at radius 3 is 2.92 bits per heavy atom. The summed E-state index contributed by atoms with van der Waals surface area (Å²) >= 11 is 1.47. The second-order valence-corrected chi connectivity index (χ2v) is 6.32. The third-order valence-corrected chi connectivity index (χ3v) is 4.50. The van der Waals surface area contributed by atoms with Crippen LogP contribution in [0.3, 0.4) is 0 Å². The van der Waals surface area contributed by atoms with Gasteiger partial charge in [0.05, 0.1) is 19.4 Å². The van der Waals surface area contributed by atoms with Crippen LogP contribution in [-0.4, -0.2) is 38.0 Å². The molecule has 1 aliphatic heterocycles. The molecule has 1 atom stereocenters. The highest BCUT2D eigenvalue weighted by Crippen LogP contribution is 2.30. The van der Waals surface area contributed by atoms with Gasteiger partial charge in [0.25, 0.3) is 0 Å². The molecule has 5 nitrogen and oxygen atoms in total. The average molecular weight is 345 g/mol. The third-order valence-electron chi connectivity index (χ3n) is 3.51. The number of ether oxygens (including phenoxy) is 3. The van der Waals surface area contributed by atoms with Gasteiger partial charge in [0.2, 0.25) is 5.91 Å². The summed E-state index contributed by atoms with van der Waals surface area (Å²) in [5.41, 5.74) is 0. The predicted octanol–water partition coefficient (Wildman–Crippen LogP) is 2.74. The first-order valence-corrected chi connectivity index (χ1v) is 8.65. The maximum atomic E-state index is 12.0. The monoisotopic (exact) mass is 345 g/mol. The summed E-state index contributed by atoms with van der Waals surface area (Å²) in [6.45, 7) is 0.853. The molecule has 1 heterocycles. The lowest BCUT2D eigenvalue weighted by molar-refractivity contribution is -0.119. The molecule has 1 aliphatic rings. The molecule has 0 radical (unpaired) electrons. The topological polar surface area (TPSA) is 56.8 Å². The number of methoxy groups -OCH3 is 1. The molecule has 0 saturated carbocycles. The van der Waals surface area contributed by atoms with Gasteiger partial charge in [-0.1, -0.05) is 18.2 Å². The number of amides is 1. The first-order chi connectivity index (χ1) is 11.7. The van der Waals surface area contributed by atoms with Crippen molar-refractivity contribution in [3.8, 4) is 17.2 Å². The van der Waals surface area contributed by atoms with Crippen LogP contribution >= 0.6 is 11.8 Å². The Balaban J connectivity index is 1.43. The SMILES string of the molecule is COc1cccc(SCC(=O)NCC2COc3ccccc3O2)c1. The largest absolute Gasteiger partial charge is 0.497 e. The fraction of sp³-hybridized carbons (Fsp3) is 0.278. The Hall–Kier alpha value is -2.34. The molecule has 3 rings (SSSR count). The number of nitrogens with one attached hydrogen (secondary N) is 1. The van der Waals surface area contributed by atoms with E-state index in [1.54, 1.807) is 7.11 Å². The van der Waals surface area contributed by atoms with Gasteiger partial charge >= 0.3 is 0 Å². The molecule has 0 aromatic heterocycles. The van der Waals surface area contributed by atoms with Crippen molar-refractivity contribution in [1.82, 2.24) is 5.32 Å². The number of thioether (sulfide) groups is 1. The normalized spacial score (nSPS) is 15.6. The van der Waals surface area contributed by atoms with E-state index in [9.17, 15) is 4.79 Å². The first kappa shape index (κ1) is 16.5. The Morgan fingerprint density at radius 1 is 1.25 bits per heavy atom. The van der Waals surface area contributed by atoms with Crippen molar-refractivity contribution in [2.24, 2.45) is 0 Å². The molecule has 2 aromatic rings. The van der Waals surface area contributed by atoms with Gasteiger partial charge in [-0.15, -0.1) is 11.8 Å². The summed E-state index contributed by atoms with van der Waals surface area (Å²) in [5, 5.41) is 2.89. The van der Waals surface area contributed by atoms with Crippen molar-refractivity contribution in [2.75, 3.05) is 26.0 Å². The minimum Gasteiger partial charge on any atom is -0.497 e. The lowest BCUT2D eigenvalue weighted by atomic mass is 10.2. The van der Waals surface area contributed by atoms with Crippen LogP contribution in [0.25, 0.3) is 0 Å². The maximum absolute atomic E-state index is 12.0. The molecule has 0 aliphatic carbocycles. The summed E-state index contributed by atoms with van der Waals surface area (Å²) in [6, 6.07) is 15.2. The highest BCUT2D eigenvalue weighted by atomic mass is 32.2. The number of hydrogen-bond donors (Lipinski definition) is 1. The van der Waals surface area contributed by atoms with Gasteiger partial charge in [0, 0.05) is 4.90 Å². The maximum Gasteiger partial charge on any atom is 0.230 e. The molecule has 126 valence electrons. The van der Waals surface area contributed by atoms with E-state index in [0.717, 1.165) is 16.4 Å². The van der Waals surface area contributed by atoms with Crippen molar-refractivity contribution in [1.29, 1.82) is 0 Å². The van der Waals surface area contributed by atoms with Crippen molar-refractivity contribution in [3.05, 3.63) is 48.5 Å². The van der Waals surface area contributed by atoms with E-state index in [4.69, 9.17) is 14.2 Å². The van der Waals surface area contributed by atoms with Crippen LogP contribution in [0, 0.1) is 0 Å². The van der Waals surface area contributed by atoms with Crippen molar-refractivity contribution in [3.63, 3.8) is 0 Å². The van der Waals surface area contributed by atoms with Gasteiger partial charge in [-0.25, -0.2) is 0 Å². The van der Waals surface area contributed by atoms with Crippen molar-refractivity contribution >= 4 is 17.7 Å². The molecule has 24 heavy (non-hydrogen) atoms. The van der Waals surface area contributed by atoms with E-state index in [1.165, 1.54) is 11.8 Å². The zero-order valence-corrected chi connectivity index (χ0v) is 14.2. The van der Waals surface area contributed by atoms with Crippen LogP contribution in [-0.2, 0) is 4.79 Å². The Labute approximate surface area is 145 Å². The van der Waals surface area contributed by atoms with Gasteiger partial charge in [0.1, 0.15) is 18.5 Å². The van der Waals surface area contributed by atoms with E-state index in [-0.39, 0.29) is 12.0 Å². The minimum atomic E-state index is -0.175. The molecule has 0 fully saturated rings. The van der Waals surface area contributed by atoms with E-state index in [2.05, 4.69) is 5.32 Å². The number of carbonyl (C=O) groups excluding carboxylic acids is 1. The zero-order valence-electron chi connectivity index (χ0n) is 13.4. The summed E-state index contributed by atoms with van der Waals surface area (Å²) in [7, 11) is 1.63. The summed E-state index contributed by atoms with van der Waals surface area (Å²) in [5.74, 6) is 2.55. The Morgan fingerprint density at radius 2 is 2.08 bits per heavy atom. The molecule has 6 heteroatoms. The lowest BCUT2D eigenvalue weighted by Crippen LogP contribution is -2.41. The predicted molar refractivity (Wildman–Crippen MR) is 93.1 cm³/mol. The first-order valence-electron chi connectivity index (χ1n) is 7.66. The van der Waals surface area contributed by atoms with Crippen molar-refractivity contribution < 1.29 is 19.0 Å². The molecular weight excluding hydrogens is 326 g/mol. The number of hydrogen-bond acceptors (Lipinski definition) is 5. The fourth-order valence-electron chi connectivity index (χ4n) is 2.28. The highest BCUT2D eigenvalue weighted by Gasteiger charge is 2.20. The zero-order chi connectivity index (χ0) is 16.8. The number of benzene rings is 2. The molecular formula is C18H19NO4S. The van der Waals surface area contributed by atoms with Gasteiger partial charge in [-0.3, -0.25) is 4.79 Å². The quantitative estimate of drug-likeness (QED) is 0.816. The van der Waals surface area contributed by atoms with Gasteiger partial charge < -0.3 is 19.5 Å². The number of para-hydroxylation sites is 2. The summed E-state index contributed by atoms with van der Waals surface area (Å²) in [4.78, 5) is 13.0. The molecule has 0 spiro atoms. The van der Waals surface area contributed by atoms with Crippen LogP contribution < -0.4 is 19.5 Å². The van der Waals surface area contributed by atoms with Crippen LogP contribution in [0.5, 0.6) is 17.2 Å². The number of rotatable bonds is 6. The molecule has 0 bridgehead atoms. The van der Waals surface area contributed by atoms with Crippen molar-refractivity contribution in [2.45, 2.75) is 11.0 Å². The number of fused-ring (bicyclic) bond motifs is 1. The minimum absolute atomic E-state index is 0.0368.